The Labute approximate surface area is 105 Å². The van der Waals surface area contributed by atoms with Crippen LogP contribution in [-0.4, -0.2) is 14.9 Å². The molecule has 4 heteroatoms. The SMILES string of the molecule is c1ccc(-c2[nH]ncc2CNn2cccc2)cc1. The van der Waals surface area contributed by atoms with Crippen molar-refractivity contribution in [1.82, 2.24) is 14.9 Å². The van der Waals surface area contributed by atoms with Crippen molar-refractivity contribution < 1.29 is 0 Å². The minimum absolute atomic E-state index is 0.732. The van der Waals surface area contributed by atoms with Crippen molar-refractivity contribution in [2.24, 2.45) is 0 Å². The zero-order valence-electron chi connectivity index (χ0n) is 9.88. The first-order valence-electron chi connectivity index (χ1n) is 5.88. The summed E-state index contributed by atoms with van der Waals surface area (Å²) in [5.41, 5.74) is 6.66. The molecule has 18 heavy (non-hydrogen) atoms. The predicted octanol–water partition coefficient (Wildman–Crippen LogP) is 2.62. The van der Waals surface area contributed by atoms with Crippen LogP contribution in [0.2, 0.25) is 0 Å². The fraction of sp³-hybridized carbons (Fsp3) is 0.0714. The molecule has 0 spiro atoms. The molecular formula is C14H14N4. The van der Waals surface area contributed by atoms with Gasteiger partial charge < -0.3 is 5.43 Å². The van der Waals surface area contributed by atoms with Gasteiger partial charge in [-0.05, 0) is 17.7 Å². The Morgan fingerprint density at radius 2 is 1.83 bits per heavy atom. The van der Waals surface area contributed by atoms with Gasteiger partial charge in [0.2, 0.25) is 0 Å². The summed E-state index contributed by atoms with van der Waals surface area (Å²) in [5.74, 6) is 0. The van der Waals surface area contributed by atoms with Crippen molar-refractivity contribution in [2.45, 2.75) is 6.54 Å². The minimum Gasteiger partial charge on any atom is -0.322 e. The highest BCUT2D eigenvalue weighted by atomic mass is 15.4. The second-order valence-electron chi connectivity index (χ2n) is 4.06. The van der Waals surface area contributed by atoms with Gasteiger partial charge in [0.15, 0.2) is 0 Å². The van der Waals surface area contributed by atoms with Crippen molar-refractivity contribution in [1.29, 1.82) is 0 Å². The minimum atomic E-state index is 0.732. The van der Waals surface area contributed by atoms with Gasteiger partial charge in [-0.25, -0.2) is 0 Å². The van der Waals surface area contributed by atoms with E-state index in [1.807, 2.05) is 53.6 Å². The number of nitrogens with one attached hydrogen (secondary N) is 2. The molecule has 3 aromatic rings. The van der Waals surface area contributed by atoms with Gasteiger partial charge in [0.25, 0.3) is 0 Å². The maximum Gasteiger partial charge on any atom is 0.0700 e. The van der Waals surface area contributed by atoms with Crippen LogP contribution in [0.25, 0.3) is 11.3 Å². The molecule has 0 bridgehead atoms. The number of benzene rings is 1. The summed E-state index contributed by atoms with van der Waals surface area (Å²) in [5, 5.41) is 7.18. The molecule has 1 aromatic carbocycles. The molecule has 0 saturated heterocycles. The van der Waals surface area contributed by atoms with Crippen molar-refractivity contribution in [3.8, 4) is 11.3 Å². The molecule has 0 amide bonds. The standard InChI is InChI=1S/C14H14N4/c1-2-6-12(7-3-1)14-13(10-15-17-14)11-16-18-8-4-5-9-18/h1-10,16H,11H2,(H,15,17). The molecule has 0 aliphatic rings. The highest BCUT2D eigenvalue weighted by Gasteiger charge is 2.06. The van der Waals surface area contributed by atoms with E-state index >= 15 is 0 Å². The average molecular weight is 238 g/mol. The lowest BCUT2D eigenvalue weighted by molar-refractivity contribution is 0.848. The van der Waals surface area contributed by atoms with Crippen molar-refractivity contribution in [3.05, 3.63) is 66.6 Å². The fourth-order valence-electron chi connectivity index (χ4n) is 1.92. The number of hydrogen-bond acceptors (Lipinski definition) is 2. The monoisotopic (exact) mass is 238 g/mol. The maximum absolute atomic E-state index is 4.12. The molecule has 0 aliphatic heterocycles. The van der Waals surface area contributed by atoms with Gasteiger partial charge in [-0.1, -0.05) is 30.3 Å². The second kappa shape index (κ2) is 4.79. The third-order valence-electron chi connectivity index (χ3n) is 2.84. The van der Waals surface area contributed by atoms with E-state index in [1.54, 1.807) is 0 Å². The van der Waals surface area contributed by atoms with Gasteiger partial charge in [-0.3, -0.25) is 9.77 Å². The molecule has 2 aromatic heterocycles. The molecule has 0 saturated carbocycles. The Bertz CT molecular complexity index is 596. The Kier molecular flexibility index (Phi) is 2.84. The summed E-state index contributed by atoms with van der Waals surface area (Å²) in [6, 6.07) is 14.2. The van der Waals surface area contributed by atoms with E-state index in [9.17, 15) is 0 Å². The predicted molar refractivity (Wildman–Crippen MR) is 71.5 cm³/mol. The lowest BCUT2D eigenvalue weighted by atomic mass is 10.1. The van der Waals surface area contributed by atoms with E-state index in [2.05, 4.69) is 27.8 Å². The highest BCUT2D eigenvalue weighted by Crippen LogP contribution is 2.20. The third kappa shape index (κ3) is 2.13. The Hall–Kier alpha value is -2.49. The first-order chi connectivity index (χ1) is 8.93. The number of aromatic nitrogens is 3. The van der Waals surface area contributed by atoms with E-state index in [-0.39, 0.29) is 0 Å². The lowest BCUT2D eigenvalue weighted by Crippen LogP contribution is -2.11. The smallest absolute Gasteiger partial charge is 0.0700 e. The van der Waals surface area contributed by atoms with Crippen LogP contribution in [0.15, 0.2) is 61.1 Å². The third-order valence-corrected chi connectivity index (χ3v) is 2.84. The highest BCUT2D eigenvalue weighted by molar-refractivity contribution is 5.62. The van der Waals surface area contributed by atoms with Gasteiger partial charge in [0, 0.05) is 18.0 Å². The molecular weight excluding hydrogens is 224 g/mol. The average Bonchev–Trinajstić information content (AvgIpc) is 3.09. The number of aromatic amines is 1. The van der Waals surface area contributed by atoms with Crippen molar-refractivity contribution >= 4 is 0 Å². The molecule has 0 fully saturated rings. The number of hydrogen-bond donors (Lipinski definition) is 2. The molecule has 2 N–H and O–H groups in total. The zero-order chi connectivity index (χ0) is 12.2. The van der Waals surface area contributed by atoms with Crippen LogP contribution >= 0.6 is 0 Å². The zero-order valence-corrected chi connectivity index (χ0v) is 9.88. The van der Waals surface area contributed by atoms with Crippen LogP contribution < -0.4 is 5.43 Å². The summed E-state index contributed by atoms with van der Waals surface area (Å²) in [7, 11) is 0. The normalized spacial score (nSPS) is 10.4. The largest absolute Gasteiger partial charge is 0.322 e. The fourth-order valence-corrected chi connectivity index (χ4v) is 1.92. The first-order valence-corrected chi connectivity index (χ1v) is 5.88. The number of H-pyrrole nitrogens is 1. The van der Waals surface area contributed by atoms with Crippen LogP contribution in [0.1, 0.15) is 5.56 Å². The topological polar surface area (TPSA) is 45.6 Å². The Morgan fingerprint density at radius 1 is 1.06 bits per heavy atom. The Balaban J connectivity index is 1.80. The number of rotatable bonds is 4. The molecule has 0 aliphatic carbocycles. The van der Waals surface area contributed by atoms with Crippen molar-refractivity contribution in [3.63, 3.8) is 0 Å². The van der Waals surface area contributed by atoms with Crippen LogP contribution in [0.4, 0.5) is 0 Å². The second-order valence-corrected chi connectivity index (χ2v) is 4.06. The van der Waals surface area contributed by atoms with E-state index in [1.165, 1.54) is 0 Å². The van der Waals surface area contributed by atoms with Gasteiger partial charge in [-0.15, -0.1) is 0 Å². The molecule has 0 atom stereocenters. The van der Waals surface area contributed by atoms with Crippen LogP contribution in [0.5, 0.6) is 0 Å². The molecule has 2 heterocycles. The van der Waals surface area contributed by atoms with Gasteiger partial charge in [0.05, 0.1) is 18.4 Å². The summed E-state index contributed by atoms with van der Waals surface area (Å²) in [6.07, 6.45) is 5.81. The molecule has 0 radical (unpaired) electrons. The van der Waals surface area contributed by atoms with E-state index in [0.717, 1.165) is 23.4 Å². The molecule has 0 unspecified atom stereocenters. The van der Waals surface area contributed by atoms with E-state index in [0.29, 0.717) is 0 Å². The maximum atomic E-state index is 4.12. The van der Waals surface area contributed by atoms with Gasteiger partial charge in [0.1, 0.15) is 0 Å². The quantitative estimate of drug-likeness (QED) is 0.734. The Morgan fingerprint density at radius 3 is 2.61 bits per heavy atom. The van der Waals surface area contributed by atoms with Crippen LogP contribution in [-0.2, 0) is 6.54 Å². The molecule has 4 nitrogen and oxygen atoms in total. The summed E-state index contributed by atoms with van der Waals surface area (Å²) in [4.78, 5) is 0. The summed E-state index contributed by atoms with van der Waals surface area (Å²) >= 11 is 0. The molecule has 90 valence electrons. The van der Waals surface area contributed by atoms with E-state index < -0.39 is 0 Å². The van der Waals surface area contributed by atoms with Crippen molar-refractivity contribution in [2.75, 3.05) is 5.43 Å². The van der Waals surface area contributed by atoms with Crippen LogP contribution in [0, 0.1) is 0 Å². The lowest BCUT2D eigenvalue weighted by Gasteiger charge is -2.07. The summed E-state index contributed by atoms with van der Waals surface area (Å²) in [6.45, 7) is 0.732. The van der Waals surface area contributed by atoms with Crippen LogP contribution in [0.3, 0.4) is 0 Å². The van der Waals surface area contributed by atoms with Gasteiger partial charge in [-0.2, -0.15) is 5.10 Å². The van der Waals surface area contributed by atoms with Gasteiger partial charge >= 0.3 is 0 Å². The molecule has 3 rings (SSSR count). The van der Waals surface area contributed by atoms with E-state index in [4.69, 9.17) is 0 Å². The number of nitrogens with zero attached hydrogens (tertiary/aromatic N) is 2. The first kappa shape index (κ1) is 10.7. The summed E-state index contributed by atoms with van der Waals surface area (Å²) < 4.78 is 1.93.